The quantitative estimate of drug-likeness (QED) is 0.913. The Morgan fingerprint density at radius 3 is 2.78 bits per heavy atom. The highest BCUT2D eigenvalue weighted by molar-refractivity contribution is 7.15. The number of amides is 1. The summed E-state index contributed by atoms with van der Waals surface area (Å²) >= 11 is 7.20. The van der Waals surface area contributed by atoms with Gasteiger partial charge in [-0.05, 0) is 43.5 Å². The van der Waals surface area contributed by atoms with Gasteiger partial charge in [-0.15, -0.1) is 10.2 Å². The summed E-state index contributed by atoms with van der Waals surface area (Å²) < 4.78 is 0.505. The van der Waals surface area contributed by atoms with Crippen molar-refractivity contribution in [3.8, 4) is 0 Å². The molecule has 1 N–H and O–H groups in total. The zero-order valence-electron chi connectivity index (χ0n) is 10.4. The Morgan fingerprint density at radius 2 is 2.22 bits per heavy atom. The number of hydrogen-bond donors (Lipinski definition) is 1. The molecule has 1 fully saturated rings. The maximum absolute atomic E-state index is 10.8. The molecule has 0 spiro atoms. The van der Waals surface area contributed by atoms with Crippen molar-refractivity contribution in [1.82, 2.24) is 20.4 Å². The molecule has 1 aromatic heterocycles. The van der Waals surface area contributed by atoms with Gasteiger partial charge in [0.1, 0.15) is 5.01 Å². The van der Waals surface area contributed by atoms with Gasteiger partial charge in [0.2, 0.25) is 10.4 Å². The van der Waals surface area contributed by atoms with Crippen molar-refractivity contribution in [2.24, 2.45) is 5.92 Å². The van der Waals surface area contributed by atoms with Gasteiger partial charge in [0.25, 0.3) is 0 Å². The molecular weight excluding hydrogens is 272 g/mol. The highest BCUT2D eigenvalue weighted by Gasteiger charge is 2.20. The van der Waals surface area contributed by atoms with Gasteiger partial charge in [-0.3, -0.25) is 9.69 Å². The topological polar surface area (TPSA) is 58.1 Å². The van der Waals surface area contributed by atoms with Crippen LogP contribution in [-0.2, 0) is 11.3 Å². The number of nitrogens with one attached hydrogen (secondary N) is 1. The van der Waals surface area contributed by atoms with E-state index in [1.165, 1.54) is 11.3 Å². The number of likely N-dealkylation sites (tertiary alicyclic amines) is 1. The van der Waals surface area contributed by atoms with Gasteiger partial charge < -0.3 is 5.32 Å². The van der Waals surface area contributed by atoms with Crippen LogP contribution in [0.1, 0.15) is 24.8 Å². The number of nitrogens with zero attached hydrogens (tertiary/aromatic N) is 3. The van der Waals surface area contributed by atoms with Crippen molar-refractivity contribution in [2.45, 2.75) is 26.3 Å². The lowest BCUT2D eigenvalue weighted by Gasteiger charge is -2.31. The first kappa shape index (κ1) is 13.7. The monoisotopic (exact) mass is 288 g/mol. The number of rotatable bonds is 4. The summed E-state index contributed by atoms with van der Waals surface area (Å²) in [5.74, 6) is 0.657. The lowest BCUT2D eigenvalue weighted by molar-refractivity contribution is -0.119. The third-order valence-electron chi connectivity index (χ3n) is 3.15. The van der Waals surface area contributed by atoms with Gasteiger partial charge in [-0.1, -0.05) is 11.3 Å². The number of carbonyl (C=O) groups is 1. The van der Waals surface area contributed by atoms with Gasteiger partial charge in [-0.2, -0.15) is 0 Å². The number of halogens is 1. The molecule has 1 aliphatic heterocycles. The maximum Gasteiger partial charge on any atom is 0.216 e. The first-order chi connectivity index (χ1) is 8.63. The summed E-state index contributed by atoms with van der Waals surface area (Å²) in [5.41, 5.74) is 0. The molecule has 1 aromatic rings. The van der Waals surface area contributed by atoms with E-state index in [0.717, 1.165) is 44.0 Å². The Kier molecular flexibility index (Phi) is 4.91. The third kappa shape index (κ3) is 4.19. The molecule has 0 atom stereocenters. The van der Waals surface area contributed by atoms with Crippen LogP contribution in [0.2, 0.25) is 4.47 Å². The minimum absolute atomic E-state index is 0.0564. The van der Waals surface area contributed by atoms with Crippen molar-refractivity contribution >= 4 is 28.8 Å². The molecular formula is C11H17ClN4OS. The summed E-state index contributed by atoms with van der Waals surface area (Å²) in [7, 11) is 0. The minimum Gasteiger partial charge on any atom is -0.356 e. The highest BCUT2D eigenvalue weighted by Crippen LogP contribution is 2.21. The van der Waals surface area contributed by atoms with Crippen LogP contribution in [0.25, 0.3) is 0 Å². The summed E-state index contributed by atoms with van der Waals surface area (Å²) in [6.45, 7) is 5.28. The molecule has 0 radical (unpaired) electrons. The SMILES string of the molecule is CC(=O)NCC1CCN(Cc2nnc(Cl)s2)CC1. The van der Waals surface area contributed by atoms with Crippen LogP contribution in [0.15, 0.2) is 0 Å². The van der Waals surface area contributed by atoms with Gasteiger partial charge in [-0.25, -0.2) is 0 Å². The number of piperidine rings is 1. The van der Waals surface area contributed by atoms with Gasteiger partial charge in [0.05, 0.1) is 6.54 Å². The van der Waals surface area contributed by atoms with Crippen LogP contribution in [0.4, 0.5) is 0 Å². The molecule has 0 aliphatic carbocycles. The molecule has 7 heteroatoms. The fourth-order valence-corrected chi connectivity index (χ4v) is 3.03. The maximum atomic E-state index is 10.8. The van der Waals surface area contributed by atoms with Crippen LogP contribution in [-0.4, -0.2) is 40.6 Å². The standard InChI is InChI=1S/C11H17ClN4OS/c1-8(17)13-6-9-2-4-16(5-3-9)7-10-14-15-11(12)18-10/h9H,2-7H2,1H3,(H,13,17). The molecule has 0 aromatic carbocycles. The zero-order chi connectivity index (χ0) is 13.0. The van der Waals surface area contributed by atoms with Gasteiger partial charge in [0.15, 0.2) is 0 Å². The molecule has 0 unspecified atom stereocenters. The van der Waals surface area contributed by atoms with E-state index in [2.05, 4.69) is 20.4 Å². The van der Waals surface area contributed by atoms with Crippen LogP contribution in [0, 0.1) is 5.92 Å². The van der Waals surface area contributed by atoms with E-state index in [9.17, 15) is 4.79 Å². The predicted molar refractivity (Wildman–Crippen MR) is 71.6 cm³/mol. The fourth-order valence-electron chi connectivity index (χ4n) is 2.13. The molecule has 0 saturated carbocycles. The number of aromatic nitrogens is 2. The van der Waals surface area contributed by atoms with E-state index in [4.69, 9.17) is 11.6 Å². The Bertz CT molecular complexity index is 404. The van der Waals surface area contributed by atoms with Crippen LogP contribution in [0.3, 0.4) is 0 Å². The average molecular weight is 289 g/mol. The number of carbonyl (C=O) groups excluding carboxylic acids is 1. The van der Waals surface area contributed by atoms with Crippen molar-refractivity contribution in [3.05, 3.63) is 9.47 Å². The smallest absolute Gasteiger partial charge is 0.216 e. The lowest BCUT2D eigenvalue weighted by Crippen LogP contribution is -2.37. The van der Waals surface area contributed by atoms with Crippen molar-refractivity contribution in [2.75, 3.05) is 19.6 Å². The third-order valence-corrected chi connectivity index (χ3v) is 4.15. The Labute approximate surface area is 116 Å². The van der Waals surface area contributed by atoms with Gasteiger partial charge in [0, 0.05) is 13.5 Å². The molecule has 5 nitrogen and oxygen atoms in total. The predicted octanol–water partition coefficient (Wildman–Crippen LogP) is 1.54. The molecule has 2 rings (SSSR count). The second kappa shape index (κ2) is 6.45. The molecule has 1 amide bonds. The molecule has 100 valence electrons. The largest absolute Gasteiger partial charge is 0.356 e. The van der Waals surface area contributed by atoms with Crippen molar-refractivity contribution in [3.63, 3.8) is 0 Å². The first-order valence-corrected chi connectivity index (χ1v) is 7.27. The van der Waals surface area contributed by atoms with Crippen LogP contribution in [0.5, 0.6) is 0 Å². The molecule has 1 saturated heterocycles. The van der Waals surface area contributed by atoms with E-state index in [0.29, 0.717) is 10.4 Å². The summed E-state index contributed by atoms with van der Waals surface area (Å²) in [6, 6.07) is 0. The molecule has 0 bridgehead atoms. The van der Waals surface area contributed by atoms with Crippen molar-refractivity contribution < 1.29 is 4.79 Å². The molecule has 18 heavy (non-hydrogen) atoms. The Hall–Kier alpha value is -0.720. The fraction of sp³-hybridized carbons (Fsp3) is 0.727. The minimum atomic E-state index is 0.0564. The molecule has 2 heterocycles. The van der Waals surface area contributed by atoms with Crippen LogP contribution >= 0.6 is 22.9 Å². The Balaban J connectivity index is 1.71. The lowest BCUT2D eigenvalue weighted by atomic mass is 9.97. The van der Waals surface area contributed by atoms with E-state index >= 15 is 0 Å². The van der Waals surface area contributed by atoms with E-state index < -0.39 is 0 Å². The number of hydrogen-bond acceptors (Lipinski definition) is 5. The molecule has 1 aliphatic rings. The summed E-state index contributed by atoms with van der Waals surface area (Å²) in [4.78, 5) is 13.2. The first-order valence-electron chi connectivity index (χ1n) is 6.08. The second-order valence-corrected chi connectivity index (χ2v) is 6.25. The summed E-state index contributed by atoms with van der Waals surface area (Å²) in [6.07, 6.45) is 2.24. The highest BCUT2D eigenvalue weighted by atomic mass is 35.5. The van der Waals surface area contributed by atoms with Gasteiger partial charge >= 0.3 is 0 Å². The van der Waals surface area contributed by atoms with E-state index in [1.807, 2.05) is 0 Å². The van der Waals surface area contributed by atoms with Crippen molar-refractivity contribution in [1.29, 1.82) is 0 Å². The van der Waals surface area contributed by atoms with Crippen LogP contribution < -0.4 is 5.32 Å². The zero-order valence-corrected chi connectivity index (χ0v) is 11.9. The Morgan fingerprint density at radius 1 is 1.50 bits per heavy atom. The average Bonchev–Trinajstić information content (AvgIpc) is 2.74. The van der Waals surface area contributed by atoms with E-state index in [-0.39, 0.29) is 5.91 Å². The van der Waals surface area contributed by atoms with E-state index in [1.54, 1.807) is 6.92 Å². The second-order valence-electron chi connectivity index (χ2n) is 4.61. The summed E-state index contributed by atoms with van der Waals surface area (Å²) in [5, 5.41) is 11.7. The normalized spacial score (nSPS) is 17.9.